The summed E-state index contributed by atoms with van der Waals surface area (Å²) in [5.74, 6) is -0.0716. The van der Waals surface area contributed by atoms with Crippen LogP contribution < -0.4 is 5.43 Å². The predicted molar refractivity (Wildman–Crippen MR) is 93.8 cm³/mol. The van der Waals surface area contributed by atoms with Crippen molar-refractivity contribution in [2.24, 2.45) is 0 Å². The Labute approximate surface area is 146 Å². The van der Waals surface area contributed by atoms with Crippen molar-refractivity contribution in [2.45, 2.75) is 18.9 Å². The number of hydrogen-bond acceptors (Lipinski definition) is 5. The molecule has 2 saturated heterocycles. The molecule has 4 rings (SSSR count). The van der Waals surface area contributed by atoms with Gasteiger partial charge in [0.2, 0.25) is 0 Å². The summed E-state index contributed by atoms with van der Waals surface area (Å²) in [6.45, 7) is 4.68. The molecule has 0 bridgehead atoms. The molecule has 132 valence electrons. The van der Waals surface area contributed by atoms with Gasteiger partial charge < -0.3 is 14.1 Å². The first kappa shape index (κ1) is 16.3. The lowest BCUT2D eigenvalue weighted by Gasteiger charge is -2.40. The number of nitrogens with zero attached hydrogens (tertiary/aromatic N) is 2. The molecule has 2 fully saturated rings. The van der Waals surface area contributed by atoms with E-state index in [1.807, 2.05) is 0 Å². The Morgan fingerprint density at radius 2 is 1.76 bits per heavy atom. The first-order valence-electron chi connectivity index (χ1n) is 8.86. The Hall–Kier alpha value is -2.18. The first-order chi connectivity index (χ1) is 12.2. The highest BCUT2D eigenvalue weighted by Gasteiger charge is 2.28. The van der Waals surface area contributed by atoms with E-state index in [9.17, 15) is 9.59 Å². The number of hydrogen-bond donors (Lipinski definition) is 0. The fourth-order valence-corrected chi connectivity index (χ4v) is 3.71. The van der Waals surface area contributed by atoms with Crippen LogP contribution in [-0.2, 0) is 4.74 Å². The van der Waals surface area contributed by atoms with E-state index >= 15 is 0 Å². The number of carbonyl (C=O) groups is 1. The van der Waals surface area contributed by atoms with Crippen molar-refractivity contribution in [3.63, 3.8) is 0 Å². The average molecular weight is 342 g/mol. The van der Waals surface area contributed by atoms with Crippen molar-refractivity contribution in [1.29, 1.82) is 0 Å². The number of fused-ring (bicyclic) bond motifs is 1. The molecule has 6 heteroatoms. The smallest absolute Gasteiger partial charge is 0.289 e. The zero-order chi connectivity index (χ0) is 17.2. The van der Waals surface area contributed by atoms with Crippen LogP contribution in [0, 0.1) is 0 Å². The van der Waals surface area contributed by atoms with Gasteiger partial charge >= 0.3 is 0 Å². The summed E-state index contributed by atoms with van der Waals surface area (Å²) < 4.78 is 11.1. The fourth-order valence-electron chi connectivity index (χ4n) is 3.71. The van der Waals surface area contributed by atoms with E-state index in [0.717, 1.165) is 39.1 Å². The van der Waals surface area contributed by atoms with Gasteiger partial charge in [-0.3, -0.25) is 14.5 Å². The maximum absolute atomic E-state index is 12.7. The minimum absolute atomic E-state index is 0.128. The Balaban J connectivity index is 1.46. The first-order valence-corrected chi connectivity index (χ1v) is 8.86. The van der Waals surface area contributed by atoms with Gasteiger partial charge in [-0.15, -0.1) is 0 Å². The van der Waals surface area contributed by atoms with Crippen LogP contribution in [0.15, 0.2) is 39.5 Å². The largest absolute Gasteiger partial charge is 0.451 e. The highest BCUT2D eigenvalue weighted by atomic mass is 16.5. The fraction of sp³-hybridized carbons (Fsp3) is 0.474. The average Bonchev–Trinajstić information content (AvgIpc) is 2.68. The second-order valence-electron chi connectivity index (χ2n) is 6.64. The molecule has 6 nitrogen and oxygen atoms in total. The second-order valence-corrected chi connectivity index (χ2v) is 6.64. The Bertz CT molecular complexity index is 818. The number of amides is 1. The molecule has 0 N–H and O–H groups in total. The van der Waals surface area contributed by atoms with E-state index in [1.165, 1.54) is 6.07 Å². The van der Waals surface area contributed by atoms with Crippen molar-refractivity contribution >= 4 is 16.9 Å². The quantitative estimate of drug-likeness (QED) is 0.832. The molecule has 0 saturated carbocycles. The molecular weight excluding hydrogens is 320 g/mol. The zero-order valence-electron chi connectivity index (χ0n) is 14.1. The standard InChI is InChI=1S/C19H22N2O4/c22-16-13-18(25-17-4-2-1-3-15(16)17)19(23)21-9-7-20(8-10-21)14-5-11-24-12-6-14/h1-4,13-14H,5-12H2. The van der Waals surface area contributed by atoms with Gasteiger partial charge in [0.25, 0.3) is 5.91 Å². The van der Waals surface area contributed by atoms with Crippen molar-refractivity contribution in [3.8, 4) is 0 Å². The molecule has 0 spiro atoms. The van der Waals surface area contributed by atoms with Crippen molar-refractivity contribution in [3.05, 3.63) is 46.3 Å². The third-order valence-corrected chi connectivity index (χ3v) is 5.15. The summed E-state index contributed by atoms with van der Waals surface area (Å²) in [6.07, 6.45) is 2.13. The van der Waals surface area contributed by atoms with Gasteiger partial charge in [0.05, 0.1) is 5.39 Å². The van der Waals surface area contributed by atoms with Gasteiger partial charge in [-0.05, 0) is 25.0 Å². The van der Waals surface area contributed by atoms with Crippen LogP contribution in [0.4, 0.5) is 0 Å². The predicted octanol–water partition coefficient (Wildman–Crippen LogP) is 1.73. The van der Waals surface area contributed by atoms with E-state index in [-0.39, 0.29) is 17.1 Å². The monoisotopic (exact) mass is 342 g/mol. The summed E-state index contributed by atoms with van der Waals surface area (Å²) in [5.41, 5.74) is 0.283. The lowest BCUT2D eigenvalue weighted by atomic mass is 10.1. The maximum Gasteiger partial charge on any atom is 0.289 e. The molecule has 25 heavy (non-hydrogen) atoms. The molecule has 0 atom stereocenters. The third-order valence-electron chi connectivity index (χ3n) is 5.15. The van der Waals surface area contributed by atoms with E-state index in [4.69, 9.17) is 9.15 Å². The molecular formula is C19H22N2O4. The van der Waals surface area contributed by atoms with Crippen LogP contribution >= 0.6 is 0 Å². The number of ether oxygens (including phenoxy) is 1. The van der Waals surface area contributed by atoms with Gasteiger partial charge in [-0.1, -0.05) is 12.1 Å². The van der Waals surface area contributed by atoms with E-state index in [1.54, 1.807) is 29.2 Å². The van der Waals surface area contributed by atoms with Crippen LogP contribution in [0.3, 0.4) is 0 Å². The van der Waals surface area contributed by atoms with Crippen LogP contribution in [0.1, 0.15) is 23.4 Å². The number of benzene rings is 1. The van der Waals surface area contributed by atoms with E-state index < -0.39 is 0 Å². The maximum atomic E-state index is 12.7. The van der Waals surface area contributed by atoms with Gasteiger partial charge in [-0.2, -0.15) is 0 Å². The minimum atomic E-state index is -0.200. The number of piperazine rings is 1. The van der Waals surface area contributed by atoms with Crippen LogP contribution in [0.2, 0.25) is 0 Å². The summed E-state index contributed by atoms with van der Waals surface area (Å²) >= 11 is 0. The molecule has 2 aliphatic rings. The molecule has 1 aromatic heterocycles. The molecule has 2 aromatic rings. The number of rotatable bonds is 2. The van der Waals surface area contributed by atoms with Crippen molar-refractivity contribution in [2.75, 3.05) is 39.4 Å². The topological polar surface area (TPSA) is 63.0 Å². The van der Waals surface area contributed by atoms with Crippen molar-refractivity contribution < 1.29 is 13.9 Å². The minimum Gasteiger partial charge on any atom is -0.451 e. The number of carbonyl (C=O) groups excluding carboxylic acids is 1. The zero-order valence-corrected chi connectivity index (χ0v) is 14.1. The molecule has 2 aliphatic heterocycles. The molecule has 0 radical (unpaired) electrons. The van der Waals surface area contributed by atoms with Crippen molar-refractivity contribution in [1.82, 2.24) is 9.80 Å². The summed E-state index contributed by atoms with van der Waals surface area (Å²) in [4.78, 5) is 29.2. The summed E-state index contributed by atoms with van der Waals surface area (Å²) in [5, 5.41) is 0.503. The van der Waals surface area contributed by atoms with Crippen LogP contribution in [0.25, 0.3) is 11.0 Å². The lowest BCUT2D eigenvalue weighted by Crippen LogP contribution is -2.53. The molecule has 1 amide bonds. The highest BCUT2D eigenvalue weighted by Crippen LogP contribution is 2.18. The Morgan fingerprint density at radius 3 is 2.52 bits per heavy atom. The highest BCUT2D eigenvalue weighted by molar-refractivity contribution is 5.93. The van der Waals surface area contributed by atoms with Crippen LogP contribution in [0.5, 0.6) is 0 Å². The Kier molecular flexibility index (Phi) is 4.55. The van der Waals surface area contributed by atoms with Gasteiger partial charge in [0.15, 0.2) is 11.2 Å². The van der Waals surface area contributed by atoms with E-state index in [0.29, 0.717) is 30.1 Å². The third kappa shape index (κ3) is 3.32. The number of para-hydroxylation sites is 1. The molecule has 0 aliphatic carbocycles. The summed E-state index contributed by atoms with van der Waals surface area (Å²) in [7, 11) is 0. The second kappa shape index (κ2) is 6.98. The molecule has 3 heterocycles. The van der Waals surface area contributed by atoms with E-state index in [2.05, 4.69) is 4.90 Å². The molecule has 1 aromatic carbocycles. The normalized spacial score (nSPS) is 20.1. The van der Waals surface area contributed by atoms with Gasteiger partial charge in [-0.25, -0.2) is 0 Å². The molecule has 0 unspecified atom stereocenters. The van der Waals surface area contributed by atoms with Crippen LogP contribution in [-0.4, -0.2) is 61.1 Å². The Morgan fingerprint density at radius 1 is 1.04 bits per heavy atom. The van der Waals surface area contributed by atoms with Gasteiger partial charge in [0, 0.05) is 51.5 Å². The summed E-state index contributed by atoms with van der Waals surface area (Å²) in [6, 6.07) is 8.89. The lowest BCUT2D eigenvalue weighted by molar-refractivity contribution is 0.0131. The van der Waals surface area contributed by atoms with Gasteiger partial charge in [0.1, 0.15) is 5.58 Å². The SMILES string of the molecule is O=C(c1cc(=O)c2ccccc2o1)N1CCN(C2CCOCC2)CC1.